The fourth-order valence-electron chi connectivity index (χ4n) is 4.72. The molecule has 2 aliphatic rings. The summed E-state index contributed by atoms with van der Waals surface area (Å²) in [6, 6.07) is 23.4. The minimum absolute atomic E-state index is 0.0722. The van der Waals surface area contributed by atoms with E-state index in [0.29, 0.717) is 16.7 Å². The number of hydrogen-bond acceptors (Lipinski definition) is 5. The molecule has 34 heavy (non-hydrogen) atoms. The van der Waals surface area contributed by atoms with E-state index in [-0.39, 0.29) is 24.2 Å². The molecule has 0 unspecified atom stereocenters. The molecular formula is C26H17F3N2O3. The third kappa shape index (κ3) is 2.97. The zero-order chi connectivity index (χ0) is 24.0. The number of benzene rings is 3. The van der Waals surface area contributed by atoms with E-state index in [4.69, 9.17) is 14.2 Å². The van der Waals surface area contributed by atoms with Crippen molar-refractivity contribution in [3.05, 3.63) is 107 Å². The molecule has 5 rings (SSSR count). The molecule has 2 fully saturated rings. The fraction of sp³-hybridized carbons (Fsp3) is 0.231. The number of nitriles is 2. The minimum atomic E-state index is -4.96. The fourth-order valence-corrected chi connectivity index (χ4v) is 4.72. The molecule has 170 valence electrons. The molecular weight excluding hydrogens is 445 g/mol. The maximum atomic E-state index is 14.8. The molecule has 8 heteroatoms. The van der Waals surface area contributed by atoms with Crippen molar-refractivity contribution in [2.24, 2.45) is 0 Å². The second-order valence-corrected chi connectivity index (χ2v) is 8.10. The van der Waals surface area contributed by atoms with Gasteiger partial charge in [0, 0.05) is 17.5 Å². The van der Waals surface area contributed by atoms with Gasteiger partial charge in [-0.1, -0.05) is 54.6 Å². The highest BCUT2D eigenvalue weighted by atomic mass is 19.4. The van der Waals surface area contributed by atoms with Crippen molar-refractivity contribution < 1.29 is 27.4 Å². The van der Waals surface area contributed by atoms with Crippen LogP contribution in [0.5, 0.6) is 0 Å². The van der Waals surface area contributed by atoms with E-state index in [1.807, 2.05) is 12.1 Å². The van der Waals surface area contributed by atoms with Gasteiger partial charge in [0.2, 0.25) is 5.79 Å². The Morgan fingerprint density at radius 3 is 1.79 bits per heavy atom. The van der Waals surface area contributed by atoms with Crippen LogP contribution >= 0.6 is 0 Å². The number of halogens is 3. The van der Waals surface area contributed by atoms with Crippen molar-refractivity contribution in [1.29, 1.82) is 10.5 Å². The van der Waals surface area contributed by atoms with E-state index in [9.17, 15) is 23.7 Å². The Balaban J connectivity index is 1.79. The number of hydrogen-bond donors (Lipinski definition) is 0. The van der Waals surface area contributed by atoms with Crippen LogP contribution < -0.4 is 0 Å². The van der Waals surface area contributed by atoms with Crippen LogP contribution in [0.3, 0.4) is 0 Å². The first kappa shape index (κ1) is 22.1. The summed E-state index contributed by atoms with van der Waals surface area (Å²) in [6.07, 6.45) is -4.88. The molecule has 2 saturated heterocycles. The van der Waals surface area contributed by atoms with E-state index in [0.717, 1.165) is 0 Å². The van der Waals surface area contributed by atoms with Gasteiger partial charge in [-0.2, -0.15) is 23.7 Å². The Labute approximate surface area is 193 Å². The lowest BCUT2D eigenvalue weighted by Gasteiger charge is -2.36. The summed E-state index contributed by atoms with van der Waals surface area (Å²) in [4.78, 5) is 0. The van der Waals surface area contributed by atoms with Gasteiger partial charge in [-0.3, -0.25) is 4.74 Å². The Bertz CT molecular complexity index is 1220. The number of ether oxygens (including phenoxy) is 3. The van der Waals surface area contributed by atoms with Gasteiger partial charge < -0.3 is 9.47 Å². The van der Waals surface area contributed by atoms with E-state index in [1.54, 1.807) is 18.2 Å². The standard InChI is InChI=1S/C26H17F3N2O3/c27-26(28,29)25(21-4-2-1-3-5-21)33-23(20-10-6-18(16-30)7-11-20)14-15-32-24(23,34-25)22-12-8-19(17-31)9-13-22/h1-13H,14-15H2/t23-,24+,25+/m1/s1. The van der Waals surface area contributed by atoms with Crippen LogP contribution in [0.15, 0.2) is 78.9 Å². The van der Waals surface area contributed by atoms with Crippen molar-refractivity contribution in [2.45, 2.75) is 29.8 Å². The van der Waals surface area contributed by atoms with E-state index in [1.165, 1.54) is 60.7 Å². The highest BCUT2D eigenvalue weighted by molar-refractivity contribution is 5.43. The third-order valence-corrected chi connectivity index (χ3v) is 6.30. The topological polar surface area (TPSA) is 75.3 Å². The average Bonchev–Trinajstić information content (AvgIpc) is 3.37. The molecule has 0 N–H and O–H groups in total. The van der Waals surface area contributed by atoms with Gasteiger partial charge in [-0.25, -0.2) is 0 Å². The summed E-state index contributed by atoms with van der Waals surface area (Å²) >= 11 is 0. The van der Waals surface area contributed by atoms with Crippen molar-refractivity contribution in [2.75, 3.05) is 6.61 Å². The lowest BCUT2D eigenvalue weighted by molar-refractivity contribution is -0.389. The third-order valence-electron chi connectivity index (χ3n) is 6.30. The van der Waals surface area contributed by atoms with Gasteiger partial charge >= 0.3 is 6.18 Å². The van der Waals surface area contributed by atoms with Crippen LogP contribution in [0.25, 0.3) is 0 Å². The zero-order valence-corrected chi connectivity index (χ0v) is 17.7. The summed E-state index contributed by atoms with van der Waals surface area (Å²) in [5, 5.41) is 18.4. The highest BCUT2D eigenvalue weighted by Crippen LogP contribution is 2.67. The van der Waals surface area contributed by atoms with E-state index in [2.05, 4.69) is 0 Å². The summed E-state index contributed by atoms with van der Waals surface area (Å²) in [5.74, 6) is -5.07. The van der Waals surface area contributed by atoms with Crippen molar-refractivity contribution >= 4 is 0 Å². The molecule has 5 nitrogen and oxygen atoms in total. The van der Waals surface area contributed by atoms with Crippen LogP contribution in [0, 0.1) is 22.7 Å². The van der Waals surface area contributed by atoms with Crippen molar-refractivity contribution in [3.8, 4) is 12.1 Å². The maximum absolute atomic E-state index is 14.8. The van der Waals surface area contributed by atoms with Gasteiger partial charge in [0.05, 0.1) is 29.9 Å². The molecule has 0 aromatic heterocycles. The van der Waals surface area contributed by atoms with Gasteiger partial charge in [0.25, 0.3) is 5.79 Å². The van der Waals surface area contributed by atoms with Crippen LogP contribution in [-0.2, 0) is 31.4 Å². The molecule has 3 atom stereocenters. The highest BCUT2D eigenvalue weighted by Gasteiger charge is 2.78. The van der Waals surface area contributed by atoms with Crippen molar-refractivity contribution in [3.63, 3.8) is 0 Å². The normalized spacial score (nSPS) is 28.1. The maximum Gasteiger partial charge on any atom is 0.448 e. The predicted molar refractivity (Wildman–Crippen MR) is 113 cm³/mol. The largest absolute Gasteiger partial charge is 0.448 e. The molecule has 2 heterocycles. The Morgan fingerprint density at radius 1 is 0.706 bits per heavy atom. The van der Waals surface area contributed by atoms with Crippen LogP contribution in [-0.4, -0.2) is 12.8 Å². The Kier molecular flexibility index (Phi) is 5.00. The molecule has 0 radical (unpaired) electrons. The van der Waals surface area contributed by atoms with Gasteiger partial charge in [0.1, 0.15) is 0 Å². The van der Waals surface area contributed by atoms with E-state index >= 15 is 0 Å². The molecule has 0 spiro atoms. The quantitative estimate of drug-likeness (QED) is 0.524. The Morgan fingerprint density at radius 2 is 1.26 bits per heavy atom. The lowest BCUT2D eigenvalue weighted by atomic mass is 9.80. The average molecular weight is 462 g/mol. The number of nitrogens with zero attached hydrogens (tertiary/aromatic N) is 2. The molecule has 0 amide bonds. The molecule has 3 aromatic rings. The summed E-state index contributed by atoms with van der Waals surface area (Å²) < 4.78 is 62.5. The number of rotatable bonds is 3. The second kappa shape index (κ2) is 7.68. The van der Waals surface area contributed by atoms with Crippen molar-refractivity contribution in [1.82, 2.24) is 0 Å². The molecule has 0 aliphatic carbocycles. The predicted octanol–water partition coefficient (Wildman–Crippen LogP) is 5.36. The summed E-state index contributed by atoms with van der Waals surface area (Å²) in [5.41, 5.74) is -0.536. The monoisotopic (exact) mass is 462 g/mol. The first-order valence-corrected chi connectivity index (χ1v) is 10.5. The summed E-state index contributed by atoms with van der Waals surface area (Å²) in [7, 11) is 0. The smallest absolute Gasteiger partial charge is 0.343 e. The lowest BCUT2D eigenvalue weighted by Crippen LogP contribution is -2.45. The number of alkyl halides is 3. The molecule has 2 aliphatic heterocycles. The molecule has 0 bridgehead atoms. The molecule has 0 saturated carbocycles. The Hall–Kier alpha value is -3.69. The zero-order valence-electron chi connectivity index (χ0n) is 17.7. The van der Waals surface area contributed by atoms with Gasteiger partial charge in [-0.15, -0.1) is 0 Å². The van der Waals surface area contributed by atoms with E-state index < -0.39 is 23.4 Å². The van der Waals surface area contributed by atoms with Crippen LogP contribution in [0.2, 0.25) is 0 Å². The molecule has 3 aromatic carbocycles. The summed E-state index contributed by atoms with van der Waals surface area (Å²) in [6.45, 7) is 0.0722. The number of fused-ring (bicyclic) bond motifs is 1. The van der Waals surface area contributed by atoms with Crippen LogP contribution in [0.4, 0.5) is 13.2 Å². The SMILES string of the molecule is N#Cc1ccc([C@@]23OCC[C@]2(c2ccc(C#N)cc2)O[C@](c2ccccc2)(C(F)(F)F)O3)cc1. The van der Waals surface area contributed by atoms with Gasteiger partial charge in [-0.05, 0) is 29.8 Å². The minimum Gasteiger partial charge on any atom is -0.343 e. The van der Waals surface area contributed by atoms with Crippen LogP contribution in [0.1, 0.15) is 34.2 Å². The van der Waals surface area contributed by atoms with Gasteiger partial charge in [0.15, 0.2) is 5.60 Å². The second-order valence-electron chi connectivity index (χ2n) is 8.10. The first-order valence-electron chi connectivity index (χ1n) is 10.5. The first-order chi connectivity index (χ1) is 16.3.